The van der Waals surface area contributed by atoms with E-state index >= 15 is 0 Å². The molecule has 1 aromatic heterocycles. The number of carbonyl (C=O) groups excluding carboxylic acids is 2. The van der Waals surface area contributed by atoms with Gasteiger partial charge in [-0.3, -0.25) is 14.5 Å². The molecule has 2 aromatic carbocycles. The molecule has 8 nitrogen and oxygen atoms in total. The summed E-state index contributed by atoms with van der Waals surface area (Å²) < 4.78 is 19.4. The molecule has 4 rings (SSSR count). The number of nitrogen functional groups attached to an aromatic ring is 1. The van der Waals surface area contributed by atoms with Gasteiger partial charge in [-0.05, 0) is 54.8 Å². The van der Waals surface area contributed by atoms with Gasteiger partial charge < -0.3 is 15.4 Å². The summed E-state index contributed by atoms with van der Waals surface area (Å²) in [5, 5.41) is 8.11. The predicted octanol–water partition coefficient (Wildman–Crippen LogP) is 4.66. The van der Waals surface area contributed by atoms with Crippen molar-refractivity contribution in [1.82, 2.24) is 15.1 Å². The first kappa shape index (κ1) is 24.7. The summed E-state index contributed by atoms with van der Waals surface area (Å²) in [6, 6.07) is 10.7. The van der Waals surface area contributed by atoms with Crippen LogP contribution in [0.4, 0.5) is 21.7 Å². The summed E-state index contributed by atoms with van der Waals surface area (Å²) in [4.78, 5) is 27.5. The SMILES string of the molecule is Nc1nnc(N(C=O)c2ccc(C(=O)N3CCCC3)cc2)cc1OCCc1c(Cl)ccc(F)c1Cl. The number of nitrogens with two attached hydrogens (primary N) is 1. The van der Waals surface area contributed by atoms with Crippen molar-refractivity contribution in [1.29, 1.82) is 0 Å². The van der Waals surface area contributed by atoms with Crippen LogP contribution in [-0.4, -0.2) is 47.1 Å². The molecule has 35 heavy (non-hydrogen) atoms. The first-order valence-electron chi connectivity index (χ1n) is 10.9. The number of anilines is 3. The second-order valence-corrected chi connectivity index (χ2v) is 8.68. The Bertz CT molecular complexity index is 1240. The lowest BCUT2D eigenvalue weighted by Gasteiger charge is -2.19. The zero-order valence-electron chi connectivity index (χ0n) is 18.6. The van der Waals surface area contributed by atoms with Crippen molar-refractivity contribution in [2.45, 2.75) is 19.3 Å². The second kappa shape index (κ2) is 10.9. The van der Waals surface area contributed by atoms with Crippen LogP contribution < -0.4 is 15.4 Å². The quantitative estimate of drug-likeness (QED) is 0.344. The third kappa shape index (κ3) is 5.47. The summed E-state index contributed by atoms with van der Waals surface area (Å²) in [6.45, 7) is 1.58. The van der Waals surface area contributed by atoms with Gasteiger partial charge >= 0.3 is 0 Å². The average Bonchev–Trinajstić information content (AvgIpc) is 3.41. The third-order valence-electron chi connectivity index (χ3n) is 5.66. The molecule has 0 saturated carbocycles. The van der Waals surface area contributed by atoms with Gasteiger partial charge in [0.15, 0.2) is 17.4 Å². The Hall–Kier alpha value is -3.43. The van der Waals surface area contributed by atoms with Gasteiger partial charge in [-0.2, -0.15) is 0 Å². The molecule has 182 valence electrons. The van der Waals surface area contributed by atoms with Crippen LogP contribution in [0.3, 0.4) is 0 Å². The second-order valence-electron chi connectivity index (χ2n) is 7.89. The Balaban J connectivity index is 1.48. The number of likely N-dealkylation sites (tertiary alicyclic amines) is 1. The van der Waals surface area contributed by atoms with Crippen LogP contribution in [0.15, 0.2) is 42.5 Å². The van der Waals surface area contributed by atoms with Crippen molar-refractivity contribution in [2.75, 3.05) is 30.3 Å². The van der Waals surface area contributed by atoms with E-state index in [0.29, 0.717) is 28.2 Å². The number of rotatable bonds is 8. The predicted molar refractivity (Wildman–Crippen MR) is 132 cm³/mol. The summed E-state index contributed by atoms with van der Waals surface area (Å²) >= 11 is 12.1. The summed E-state index contributed by atoms with van der Waals surface area (Å²) in [6.07, 6.45) is 2.81. The molecule has 2 heterocycles. The van der Waals surface area contributed by atoms with Gasteiger partial charge in [0.05, 0.1) is 17.3 Å². The van der Waals surface area contributed by atoms with Gasteiger partial charge in [0, 0.05) is 36.2 Å². The molecule has 0 unspecified atom stereocenters. The van der Waals surface area contributed by atoms with E-state index in [1.807, 2.05) is 4.90 Å². The van der Waals surface area contributed by atoms with Gasteiger partial charge in [-0.1, -0.05) is 23.2 Å². The molecule has 0 bridgehead atoms. The molecule has 0 radical (unpaired) electrons. The molecular formula is C24H22Cl2FN5O3. The maximum atomic E-state index is 13.7. The Morgan fingerprint density at radius 3 is 2.54 bits per heavy atom. The zero-order valence-corrected chi connectivity index (χ0v) is 20.1. The highest BCUT2D eigenvalue weighted by atomic mass is 35.5. The number of benzene rings is 2. The first-order chi connectivity index (χ1) is 16.9. The Morgan fingerprint density at radius 1 is 1.14 bits per heavy atom. The largest absolute Gasteiger partial charge is 0.489 e. The van der Waals surface area contributed by atoms with Crippen LogP contribution in [0.25, 0.3) is 0 Å². The van der Waals surface area contributed by atoms with Crippen LogP contribution >= 0.6 is 23.2 Å². The van der Waals surface area contributed by atoms with Crippen molar-refractivity contribution in [3.8, 4) is 5.75 Å². The number of halogens is 3. The number of hydrogen-bond donors (Lipinski definition) is 1. The van der Waals surface area contributed by atoms with E-state index < -0.39 is 5.82 Å². The number of carbonyl (C=O) groups is 2. The molecular weight excluding hydrogens is 496 g/mol. The van der Waals surface area contributed by atoms with E-state index in [1.165, 1.54) is 23.1 Å². The number of ether oxygens (including phenoxy) is 1. The van der Waals surface area contributed by atoms with Crippen LogP contribution in [0.2, 0.25) is 10.0 Å². The number of amides is 2. The smallest absolute Gasteiger partial charge is 0.253 e. The minimum atomic E-state index is -0.576. The summed E-state index contributed by atoms with van der Waals surface area (Å²) in [5.74, 6) is -0.236. The van der Waals surface area contributed by atoms with Crippen LogP contribution in [0, 0.1) is 5.82 Å². The third-order valence-corrected chi connectivity index (χ3v) is 6.42. The maximum absolute atomic E-state index is 13.7. The molecule has 1 fully saturated rings. The topological polar surface area (TPSA) is 102 Å². The van der Waals surface area contributed by atoms with Crippen molar-refractivity contribution in [2.24, 2.45) is 0 Å². The number of hydrogen-bond acceptors (Lipinski definition) is 6. The standard InChI is InChI=1S/C24H22Cl2FN5O3/c25-18-7-8-19(27)22(26)17(18)9-12-35-20-13-21(29-30-23(20)28)32(14-33)16-5-3-15(4-6-16)24(34)31-10-1-2-11-31/h3-8,13-14H,1-2,9-12H2,(H2,28,30). The normalized spacial score (nSPS) is 13.1. The van der Waals surface area contributed by atoms with Gasteiger partial charge in [0.25, 0.3) is 5.91 Å². The van der Waals surface area contributed by atoms with Crippen LogP contribution in [-0.2, 0) is 11.2 Å². The molecule has 0 aliphatic carbocycles. The van der Waals surface area contributed by atoms with Gasteiger partial charge in [0.1, 0.15) is 5.82 Å². The highest BCUT2D eigenvalue weighted by Gasteiger charge is 2.20. The molecule has 1 aliphatic rings. The minimum absolute atomic E-state index is 0.0163. The van der Waals surface area contributed by atoms with Crippen molar-refractivity contribution < 1.29 is 18.7 Å². The highest BCUT2D eigenvalue weighted by molar-refractivity contribution is 6.36. The fourth-order valence-corrected chi connectivity index (χ4v) is 4.34. The molecule has 0 atom stereocenters. The minimum Gasteiger partial charge on any atom is -0.489 e. The lowest BCUT2D eigenvalue weighted by Crippen LogP contribution is -2.27. The van der Waals surface area contributed by atoms with E-state index in [4.69, 9.17) is 33.7 Å². The zero-order chi connectivity index (χ0) is 24.9. The number of aromatic nitrogens is 2. The molecule has 11 heteroatoms. The molecule has 1 aliphatic heterocycles. The van der Waals surface area contributed by atoms with Crippen molar-refractivity contribution >= 4 is 52.8 Å². The van der Waals surface area contributed by atoms with Gasteiger partial charge in [0.2, 0.25) is 6.41 Å². The maximum Gasteiger partial charge on any atom is 0.253 e. The van der Waals surface area contributed by atoms with E-state index in [9.17, 15) is 14.0 Å². The molecule has 0 spiro atoms. The van der Waals surface area contributed by atoms with Crippen LogP contribution in [0.1, 0.15) is 28.8 Å². The lowest BCUT2D eigenvalue weighted by atomic mass is 10.1. The van der Waals surface area contributed by atoms with Crippen molar-refractivity contribution in [3.63, 3.8) is 0 Å². The Kier molecular flexibility index (Phi) is 7.67. The Morgan fingerprint density at radius 2 is 1.86 bits per heavy atom. The van der Waals surface area contributed by atoms with E-state index in [1.54, 1.807) is 24.3 Å². The monoisotopic (exact) mass is 517 g/mol. The van der Waals surface area contributed by atoms with Gasteiger partial charge in [-0.25, -0.2) is 4.39 Å². The summed E-state index contributed by atoms with van der Waals surface area (Å²) in [5.41, 5.74) is 7.33. The molecule has 1 saturated heterocycles. The Labute approximate surface area is 211 Å². The van der Waals surface area contributed by atoms with Crippen molar-refractivity contribution in [3.05, 3.63) is 69.5 Å². The average molecular weight is 518 g/mol. The molecule has 2 N–H and O–H groups in total. The molecule has 3 aromatic rings. The van der Waals surface area contributed by atoms with Gasteiger partial charge in [-0.15, -0.1) is 10.2 Å². The van der Waals surface area contributed by atoms with E-state index in [-0.39, 0.29) is 41.3 Å². The molecule has 2 amide bonds. The first-order valence-corrected chi connectivity index (χ1v) is 11.7. The fourth-order valence-electron chi connectivity index (χ4n) is 3.78. The van der Waals surface area contributed by atoms with E-state index in [2.05, 4.69) is 10.2 Å². The lowest BCUT2D eigenvalue weighted by molar-refractivity contribution is -0.106. The fraction of sp³-hybridized carbons (Fsp3) is 0.250. The van der Waals surface area contributed by atoms with E-state index in [0.717, 1.165) is 25.9 Å². The number of nitrogens with zero attached hydrogens (tertiary/aromatic N) is 4. The van der Waals surface area contributed by atoms with Crippen LogP contribution in [0.5, 0.6) is 5.75 Å². The highest BCUT2D eigenvalue weighted by Crippen LogP contribution is 2.30. The summed E-state index contributed by atoms with van der Waals surface area (Å²) in [7, 11) is 0.